The third-order valence-corrected chi connectivity index (χ3v) is 2.42. The Labute approximate surface area is 89.4 Å². The Morgan fingerprint density at radius 3 is 2.93 bits per heavy atom. The van der Waals surface area contributed by atoms with Crippen molar-refractivity contribution in [2.45, 2.75) is 13.8 Å². The van der Waals surface area contributed by atoms with Crippen molar-refractivity contribution < 1.29 is 0 Å². The highest BCUT2D eigenvalue weighted by Crippen LogP contribution is 2.23. The quantitative estimate of drug-likeness (QED) is 0.734. The van der Waals surface area contributed by atoms with Crippen LogP contribution < -0.4 is 0 Å². The van der Waals surface area contributed by atoms with E-state index in [1.54, 1.807) is 6.33 Å². The highest BCUT2D eigenvalue weighted by atomic mass is 14.9. The van der Waals surface area contributed by atoms with Crippen LogP contribution in [0.25, 0.3) is 16.6 Å². The molecule has 0 aliphatic heterocycles. The lowest BCUT2D eigenvalue weighted by Gasteiger charge is -2.02. The summed E-state index contributed by atoms with van der Waals surface area (Å²) < 4.78 is 0. The Kier molecular flexibility index (Phi) is 2.68. The summed E-state index contributed by atoms with van der Waals surface area (Å²) in [7, 11) is 0. The number of allylic oxidation sites excluding steroid dienone is 4. The number of benzene rings is 1. The zero-order chi connectivity index (χ0) is 10.7. The smallest absolute Gasteiger partial charge is 0.0960 e. The molecule has 0 amide bonds. The van der Waals surface area contributed by atoms with Gasteiger partial charge in [0.05, 0.1) is 17.4 Å². The molecule has 2 heteroatoms. The van der Waals surface area contributed by atoms with Crippen molar-refractivity contribution in [1.82, 2.24) is 9.97 Å². The summed E-state index contributed by atoms with van der Waals surface area (Å²) in [5.41, 5.74) is 4.49. The summed E-state index contributed by atoms with van der Waals surface area (Å²) in [5.74, 6) is 0. The summed E-state index contributed by atoms with van der Waals surface area (Å²) in [4.78, 5) is 7.46. The lowest BCUT2D eigenvalue weighted by Crippen LogP contribution is -1.83. The van der Waals surface area contributed by atoms with Crippen LogP contribution in [0, 0.1) is 0 Å². The van der Waals surface area contributed by atoms with Crippen LogP contribution >= 0.6 is 0 Å². The van der Waals surface area contributed by atoms with Crippen molar-refractivity contribution >= 4 is 16.6 Å². The Morgan fingerprint density at radius 1 is 1.33 bits per heavy atom. The van der Waals surface area contributed by atoms with Gasteiger partial charge in [0.1, 0.15) is 0 Å². The number of rotatable bonds is 2. The van der Waals surface area contributed by atoms with Crippen LogP contribution in [0.2, 0.25) is 0 Å². The molecule has 15 heavy (non-hydrogen) atoms. The second-order valence-corrected chi connectivity index (χ2v) is 3.35. The van der Waals surface area contributed by atoms with Crippen LogP contribution in [0.4, 0.5) is 0 Å². The minimum atomic E-state index is 1.03. The third kappa shape index (κ3) is 1.71. The Hall–Kier alpha value is -1.83. The van der Waals surface area contributed by atoms with Crippen LogP contribution in [0.5, 0.6) is 0 Å². The molecule has 0 saturated carbocycles. The molecule has 0 aliphatic carbocycles. The fraction of sp³-hybridized carbons (Fsp3) is 0.154. The molecule has 0 fully saturated rings. The van der Waals surface area contributed by atoms with E-state index in [-0.39, 0.29) is 0 Å². The summed E-state index contributed by atoms with van der Waals surface area (Å²) in [6.45, 7) is 4.06. The second kappa shape index (κ2) is 4.13. The number of hydrogen-bond donors (Lipinski definition) is 1. The van der Waals surface area contributed by atoms with Crippen molar-refractivity contribution in [2.24, 2.45) is 0 Å². The van der Waals surface area contributed by atoms with Gasteiger partial charge in [-0.3, -0.25) is 0 Å². The van der Waals surface area contributed by atoms with Gasteiger partial charge in [0, 0.05) is 5.56 Å². The highest BCUT2D eigenvalue weighted by molar-refractivity contribution is 5.91. The van der Waals surface area contributed by atoms with Crippen LogP contribution in [0.15, 0.2) is 42.8 Å². The zero-order valence-electron chi connectivity index (χ0n) is 8.99. The first kappa shape index (κ1) is 9.71. The van der Waals surface area contributed by atoms with E-state index >= 15 is 0 Å². The topological polar surface area (TPSA) is 28.7 Å². The Bertz CT molecular complexity index is 518. The van der Waals surface area contributed by atoms with Crippen LogP contribution in [0.1, 0.15) is 19.4 Å². The van der Waals surface area contributed by atoms with Crippen LogP contribution in [0.3, 0.4) is 0 Å². The normalized spacial score (nSPS) is 12.8. The lowest BCUT2D eigenvalue weighted by atomic mass is 10.0. The number of imidazole rings is 1. The fourth-order valence-corrected chi connectivity index (χ4v) is 1.72. The number of hydrogen-bond acceptors (Lipinski definition) is 1. The zero-order valence-corrected chi connectivity index (χ0v) is 8.99. The molecule has 2 rings (SSSR count). The number of nitrogens with zero attached hydrogens (tertiary/aromatic N) is 1. The molecule has 0 unspecified atom stereocenters. The first-order valence-electron chi connectivity index (χ1n) is 5.08. The predicted molar refractivity (Wildman–Crippen MR) is 64.6 cm³/mol. The number of nitrogens with one attached hydrogen (secondary N) is 1. The van der Waals surface area contributed by atoms with E-state index in [0.717, 1.165) is 11.0 Å². The Balaban J connectivity index is 2.64. The van der Waals surface area contributed by atoms with E-state index in [9.17, 15) is 0 Å². The van der Waals surface area contributed by atoms with E-state index in [1.807, 2.05) is 32.1 Å². The van der Waals surface area contributed by atoms with Gasteiger partial charge in [0.15, 0.2) is 0 Å². The molecule has 0 spiro atoms. The molecule has 1 N–H and O–H groups in total. The van der Waals surface area contributed by atoms with Crippen LogP contribution in [-0.4, -0.2) is 9.97 Å². The van der Waals surface area contributed by atoms with Gasteiger partial charge in [-0.2, -0.15) is 0 Å². The molecule has 1 aromatic heterocycles. The molecule has 2 nitrogen and oxygen atoms in total. The summed E-state index contributed by atoms with van der Waals surface area (Å²) >= 11 is 0. The molecule has 0 atom stereocenters. The van der Waals surface area contributed by atoms with E-state index in [4.69, 9.17) is 0 Å². The molecule has 1 aromatic carbocycles. The first-order chi connectivity index (χ1) is 7.36. The maximum atomic E-state index is 4.34. The molecular weight excluding hydrogens is 184 g/mol. The van der Waals surface area contributed by atoms with Gasteiger partial charge in [0.25, 0.3) is 0 Å². The maximum absolute atomic E-state index is 4.34. The van der Waals surface area contributed by atoms with E-state index in [0.29, 0.717) is 0 Å². The first-order valence-corrected chi connectivity index (χ1v) is 5.08. The molecule has 0 bridgehead atoms. The van der Waals surface area contributed by atoms with Gasteiger partial charge in [-0.15, -0.1) is 0 Å². The molecule has 76 valence electrons. The van der Waals surface area contributed by atoms with Gasteiger partial charge < -0.3 is 4.98 Å². The minimum Gasteiger partial charge on any atom is -0.345 e. The Morgan fingerprint density at radius 2 is 2.20 bits per heavy atom. The number of H-pyrrole nitrogens is 1. The number of fused-ring (bicyclic) bond motifs is 1. The molecule has 0 radical (unpaired) electrons. The molecule has 1 heterocycles. The molecule has 0 aliphatic rings. The number of para-hydroxylation sites is 1. The largest absolute Gasteiger partial charge is 0.345 e. The minimum absolute atomic E-state index is 1.03. The van der Waals surface area contributed by atoms with Crippen LogP contribution in [-0.2, 0) is 0 Å². The van der Waals surface area contributed by atoms with E-state index < -0.39 is 0 Å². The fourth-order valence-electron chi connectivity index (χ4n) is 1.72. The summed E-state index contributed by atoms with van der Waals surface area (Å²) in [5, 5.41) is 0. The van der Waals surface area contributed by atoms with E-state index in [1.165, 1.54) is 11.1 Å². The molecular formula is C13H14N2. The van der Waals surface area contributed by atoms with Gasteiger partial charge >= 0.3 is 0 Å². The van der Waals surface area contributed by atoms with Gasteiger partial charge in [0.2, 0.25) is 0 Å². The monoisotopic (exact) mass is 198 g/mol. The maximum Gasteiger partial charge on any atom is 0.0960 e. The van der Waals surface area contributed by atoms with Gasteiger partial charge in [-0.25, -0.2) is 4.98 Å². The van der Waals surface area contributed by atoms with Crippen molar-refractivity contribution in [3.63, 3.8) is 0 Å². The van der Waals surface area contributed by atoms with Gasteiger partial charge in [-0.1, -0.05) is 30.4 Å². The predicted octanol–water partition coefficient (Wildman–Crippen LogP) is 3.54. The second-order valence-electron chi connectivity index (χ2n) is 3.35. The summed E-state index contributed by atoms with van der Waals surface area (Å²) in [6.07, 6.45) is 7.98. The third-order valence-electron chi connectivity index (χ3n) is 2.42. The average Bonchev–Trinajstić information content (AvgIpc) is 2.73. The average molecular weight is 198 g/mol. The van der Waals surface area contributed by atoms with E-state index in [2.05, 4.69) is 28.2 Å². The standard InChI is InChI=1S/C13H14N2/c1-3-6-10(4-2)11-7-5-8-12-13(11)15-9-14-12/h3-9H,1-2H3,(H,14,15)/b6-3-,10-4+. The lowest BCUT2D eigenvalue weighted by molar-refractivity contribution is 1.34. The van der Waals surface area contributed by atoms with Crippen molar-refractivity contribution in [3.05, 3.63) is 48.3 Å². The molecule has 2 aromatic rings. The number of aromatic amines is 1. The summed E-state index contributed by atoms with van der Waals surface area (Å²) in [6, 6.07) is 6.18. The number of aromatic nitrogens is 2. The van der Waals surface area contributed by atoms with Crippen molar-refractivity contribution in [2.75, 3.05) is 0 Å². The SMILES string of the molecule is C/C=C\C(=C/C)c1cccc2[nH]cnc12. The van der Waals surface area contributed by atoms with Crippen molar-refractivity contribution in [1.29, 1.82) is 0 Å². The molecule has 0 saturated heterocycles. The van der Waals surface area contributed by atoms with Crippen molar-refractivity contribution in [3.8, 4) is 0 Å². The highest BCUT2D eigenvalue weighted by Gasteiger charge is 2.04. The van der Waals surface area contributed by atoms with Gasteiger partial charge in [-0.05, 0) is 25.5 Å².